The Morgan fingerprint density at radius 1 is 0.789 bits per heavy atom. The lowest BCUT2D eigenvalue weighted by Gasteiger charge is -2.37. The largest absolute Gasteiger partial charge is 0.354 e. The first-order valence-electron chi connectivity index (χ1n) is 13.6. The summed E-state index contributed by atoms with van der Waals surface area (Å²) < 4.78 is 0. The van der Waals surface area contributed by atoms with E-state index in [1.165, 1.54) is 4.90 Å². The normalized spacial score (nSPS) is 13.6. The molecule has 0 saturated heterocycles. The van der Waals surface area contributed by atoms with Crippen LogP contribution in [-0.4, -0.2) is 73.3 Å². The smallest absolute Gasteiger partial charge is 0.246 e. The number of nitrogens with zero attached hydrogens (tertiary/aromatic N) is 2. The molecule has 2 N–H and O–H groups in total. The molecule has 0 saturated carbocycles. The predicted molar refractivity (Wildman–Crippen MR) is 154 cm³/mol. The topological polar surface area (TPSA) is 81.8 Å². The summed E-state index contributed by atoms with van der Waals surface area (Å²) in [6, 6.07) is 17.9. The highest BCUT2D eigenvalue weighted by Gasteiger charge is 2.37. The standard InChI is InChI=1S/C31H46N4O3/c1-22(2)20-26(32-5)30(37)34(6)27(21-25-16-12-9-13-17-25)31(38)35(7)28(23(3)4)29(36)33-19-18-24-14-10-8-11-15-24/h8-17,22-23,26-28,32H,18-21H2,1-7H3,(H,33,36)/t26-,27-,28-/m0/s1. The van der Waals surface area contributed by atoms with Crippen molar-refractivity contribution >= 4 is 17.7 Å². The Hall–Kier alpha value is -3.19. The van der Waals surface area contributed by atoms with Crippen LogP contribution in [0, 0.1) is 11.8 Å². The zero-order valence-electron chi connectivity index (χ0n) is 24.1. The highest BCUT2D eigenvalue weighted by molar-refractivity contribution is 5.93. The van der Waals surface area contributed by atoms with Gasteiger partial charge in [-0.2, -0.15) is 0 Å². The lowest BCUT2D eigenvalue weighted by atomic mass is 9.97. The van der Waals surface area contributed by atoms with Gasteiger partial charge in [0.05, 0.1) is 6.04 Å². The molecule has 0 fully saturated rings. The zero-order valence-corrected chi connectivity index (χ0v) is 24.1. The van der Waals surface area contributed by atoms with Gasteiger partial charge in [-0.3, -0.25) is 14.4 Å². The second kappa shape index (κ2) is 15.3. The Morgan fingerprint density at radius 3 is 1.84 bits per heavy atom. The Bertz CT molecular complexity index is 1010. The average Bonchev–Trinajstić information content (AvgIpc) is 2.90. The summed E-state index contributed by atoms with van der Waals surface area (Å²) in [5.41, 5.74) is 2.10. The van der Waals surface area contributed by atoms with Crippen molar-refractivity contribution in [2.45, 2.75) is 65.1 Å². The first kappa shape index (κ1) is 31.0. The van der Waals surface area contributed by atoms with Gasteiger partial charge in [-0.25, -0.2) is 0 Å². The summed E-state index contributed by atoms with van der Waals surface area (Å²) in [6.07, 6.45) is 1.75. The van der Waals surface area contributed by atoms with Crippen LogP contribution in [0.15, 0.2) is 60.7 Å². The maximum Gasteiger partial charge on any atom is 0.246 e. The third-order valence-corrected chi connectivity index (χ3v) is 6.95. The zero-order chi connectivity index (χ0) is 28.2. The van der Waals surface area contributed by atoms with Crippen molar-refractivity contribution in [3.8, 4) is 0 Å². The van der Waals surface area contributed by atoms with E-state index in [4.69, 9.17) is 0 Å². The molecule has 7 heteroatoms. The summed E-state index contributed by atoms with van der Waals surface area (Å²) in [4.78, 5) is 43.9. The van der Waals surface area contributed by atoms with E-state index in [0.29, 0.717) is 31.7 Å². The number of hydrogen-bond acceptors (Lipinski definition) is 4. The van der Waals surface area contributed by atoms with Gasteiger partial charge in [0.1, 0.15) is 12.1 Å². The summed E-state index contributed by atoms with van der Waals surface area (Å²) in [5.74, 6) is -0.351. The van der Waals surface area contributed by atoms with E-state index in [0.717, 1.165) is 11.1 Å². The molecular weight excluding hydrogens is 476 g/mol. The van der Waals surface area contributed by atoms with Crippen LogP contribution in [0.2, 0.25) is 0 Å². The third-order valence-electron chi connectivity index (χ3n) is 6.95. The van der Waals surface area contributed by atoms with Crippen LogP contribution < -0.4 is 10.6 Å². The molecule has 0 aliphatic carbocycles. The van der Waals surface area contributed by atoms with E-state index in [9.17, 15) is 14.4 Å². The number of likely N-dealkylation sites (N-methyl/N-ethyl adjacent to an activating group) is 3. The molecule has 2 rings (SSSR count). The highest BCUT2D eigenvalue weighted by Crippen LogP contribution is 2.18. The molecule has 2 aromatic rings. The number of nitrogens with one attached hydrogen (secondary N) is 2. The van der Waals surface area contributed by atoms with Crippen molar-refractivity contribution in [2.24, 2.45) is 11.8 Å². The Balaban J connectivity index is 2.25. The number of hydrogen-bond donors (Lipinski definition) is 2. The van der Waals surface area contributed by atoms with E-state index < -0.39 is 18.1 Å². The van der Waals surface area contributed by atoms with Gasteiger partial charge < -0.3 is 20.4 Å². The molecule has 0 aromatic heterocycles. The van der Waals surface area contributed by atoms with E-state index >= 15 is 0 Å². The van der Waals surface area contributed by atoms with Gasteiger partial charge in [-0.1, -0.05) is 88.4 Å². The first-order valence-corrected chi connectivity index (χ1v) is 13.6. The molecule has 3 amide bonds. The number of carbonyl (C=O) groups excluding carboxylic acids is 3. The van der Waals surface area contributed by atoms with Gasteiger partial charge in [0.2, 0.25) is 17.7 Å². The summed E-state index contributed by atoms with van der Waals surface area (Å²) in [5, 5.41) is 6.13. The minimum absolute atomic E-state index is 0.106. The fourth-order valence-corrected chi connectivity index (χ4v) is 4.82. The number of benzene rings is 2. The number of rotatable bonds is 14. The number of amides is 3. The maximum atomic E-state index is 14.0. The molecular formula is C31H46N4O3. The van der Waals surface area contributed by atoms with E-state index in [1.54, 1.807) is 26.0 Å². The molecule has 38 heavy (non-hydrogen) atoms. The van der Waals surface area contributed by atoms with Crippen molar-refractivity contribution in [3.63, 3.8) is 0 Å². The lowest BCUT2D eigenvalue weighted by Crippen LogP contribution is -2.58. The van der Waals surface area contributed by atoms with E-state index in [1.807, 2.05) is 74.5 Å². The number of carbonyl (C=O) groups is 3. The van der Waals surface area contributed by atoms with Crippen LogP contribution in [0.25, 0.3) is 0 Å². The minimum Gasteiger partial charge on any atom is -0.354 e. The molecule has 0 bridgehead atoms. The average molecular weight is 523 g/mol. The van der Waals surface area contributed by atoms with Crippen molar-refractivity contribution in [1.29, 1.82) is 0 Å². The van der Waals surface area contributed by atoms with Gasteiger partial charge in [0, 0.05) is 27.1 Å². The van der Waals surface area contributed by atoms with Crippen LogP contribution in [0.5, 0.6) is 0 Å². The van der Waals surface area contributed by atoms with Gasteiger partial charge in [-0.15, -0.1) is 0 Å². The van der Waals surface area contributed by atoms with Crippen LogP contribution in [0.3, 0.4) is 0 Å². The fourth-order valence-electron chi connectivity index (χ4n) is 4.82. The van der Waals surface area contributed by atoms with Crippen LogP contribution in [0.4, 0.5) is 0 Å². The summed E-state index contributed by atoms with van der Waals surface area (Å²) in [6.45, 7) is 8.50. The van der Waals surface area contributed by atoms with E-state index in [2.05, 4.69) is 24.5 Å². The molecule has 0 radical (unpaired) electrons. The third kappa shape index (κ3) is 8.98. The Morgan fingerprint density at radius 2 is 1.34 bits per heavy atom. The van der Waals surface area contributed by atoms with Gasteiger partial charge >= 0.3 is 0 Å². The van der Waals surface area contributed by atoms with Crippen LogP contribution in [-0.2, 0) is 27.2 Å². The quantitative estimate of drug-likeness (QED) is 0.398. The molecule has 208 valence electrons. The Kier molecular flexibility index (Phi) is 12.5. The van der Waals surface area contributed by atoms with Gasteiger partial charge in [0.25, 0.3) is 0 Å². The van der Waals surface area contributed by atoms with Crippen molar-refractivity contribution in [2.75, 3.05) is 27.7 Å². The molecule has 0 aliphatic rings. The molecule has 0 spiro atoms. The molecule has 0 aliphatic heterocycles. The van der Waals surface area contributed by atoms with Crippen LogP contribution >= 0.6 is 0 Å². The van der Waals surface area contributed by atoms with Crippen molar-refractivity contribution in [3.05, 3.63) is 71.8 Å². The van der Waals surface area contributed by atoms with E-state index in [-0.39, 0.29) is 23.6 Å². The minimum atomic E-state index is -0.740. The SMILES string of the molecule is CN[C@@H](CC(C)C)C(=O)N(C)[C@@H](Cc1ccccc1)C(=O)N(C)[C@H](C(=O)NCCc1ccccc1)C(C)C. The monoisotopic (exact) mass is 522 g/mol. The fraction of sp³-hybridized carbons (Fsp3) is 0.516. The Labute approximate surface area is 229 Å². The molecule has 3 atom stereocenters. The van der Waals surface area contributed by atoms with Crippen LogP contribution in [0.1, 0.15) is 45.2 Å². The van der Waals surface area contributed by atoms with Crippen molar-refractivity contribution < 1.29 is 14.4 Å². The predicted octanol–water partition coefficient (Wildman–Crippen LogP) is 3.53. The second-order valence-corrected chi connectivity index (χ2v) is 10.8. The van der Waals surface area contributed by atoms with Gasteiger partial charge in [0.15, 0.2) is 0 Å². The van der Waals surface area contributed by atoms with Gasteiger partial charge in [-0.05, 0) is 42.9 Å². The highest BCUT2D eigenvalue weighted by atomic mass is 16.2. The molecule has 0 heterocycles. The summed E-state index contributed by atoms with van der Waals surface area (Å²) >= 11 is 0. The lowest BCUT2D eigenvalue weighted by molar-refractivity contribution is -0.149. The molecule has 7 nitrogen and oxygen atoms in total. The summed E-state index contributed by atoms with van der Waals surface area (Å²) in [7, 11) is 5.13. The first-order chi connectivity index (χ1) is 18.1. The maximum absolute atomic E-state index is 14.0. The van der Waals surface area contributed by atoms with Crippen molar-refractivity contribution in [1.82, 2.24) is 20.4 Å². The second-order valence-electron chi connectivity index (χ2n) is 10.8. The molecule has 0 unspecified atom stereocenters. The molecule has 2 aromatic carbocycles.